The summed E-state index contributed by atoms with van der Waals surface area (Å²) in [6.07, 6.45) is 1.09. The van der Waals surface area contributed by atoms with Gasteiger partial charge >= 0.3 is 0 Å². The van der Waals surface area contributed by atoms with Crippen LogP contribution in [0.1, 0.15) is 16.8 Å². The van der Waals surface area contributed by atoms with Gasteiger partial charge in [0.1, 0.15) is 5.75 Å². The lowest BCUT2D eigenvalue weighted by Crippen LogP contribution is -2.49. The van der Waals surface area contributed by atoms with E-state index in [9.17, 15) is 4.79 Å². The van der Waals surface area contributed by atoms with Crippen molar-refractivity contribution in [2.45, 2.75) is 12.5 Å². The van der Waals surface area contributed by atoms with E-state index in [4.69, 9.17) is 4.74 Å². The smallest absolute Gasteiger partial charge is 0.255 e. The second-order valence-corrected chi connectivity index (χ2v) is 5.94. The minimum absolute atomic E-state index is 0.109. The topological polar surface area (TPSA) is 32.8 Å². The molecular weight excluding hydrogens is 308 g/mol. The Bertz CT molecular complexity index is 506. The first-order valence-corrected chi connectivity index (χ1v) is 7.35. The van der Waals surface area contributed by atoms with Crippen molar-refractivity contribution in [2.24, 2.45) is 0 Å². The maximum absolute atomic E-state index is 12.7. The van der Waals surface area contributed by atoms with Crippen molar-refractivity contribution in [3.05, 3.63) is 28.2 Å². The zero-order chi connectivity index (χ0) is 13.4. The summed E-state index contributed by atoms with van der Waals surface area (Å²) in [7, 11) is 1.62. The summed E-state index contributed by atoms with van der Waals surface area (Å²) in [6, 6.07) is 5.92. The fraction of sp³-hybridized carbons (Fsp3) is 0.500. The number of halogens is 1. The predicted octanol–water partition coefficient (Wildman–Crippen LogP) is 1.99. The average molecular weight is 325 g/mol. The van der Waals surface area contributed by atoms with Crippen molar-refractivity contribution in [3.8, 4) is 5.75 Å². The van der Waals surface area contributed by atoms with Gasteiger partial charge in [-0.05, 0) is 40.5 Å². The van der Waals surface area contributed by atoms with Crippen molar-refractivity contribution < 1.29 is 9.53 Å². The molecule has 3 rings (SSSR count). The van der Waals surface area contributed by atoms with Crippen molar-refractivity contribution in [2.75, 3.05) is 33.3 Å². The lowest BCUT2D eigenvalue weighted by Gasteiger charge is -2.34. The first-order chi connectivity index (χ1) is 9.19. The van der Waals surface area contributed by atoms with Crippen LogP contribution in [0.5, 0.6) is 5.75 Å². The quantitative estimate of drug-likeness (QED) is 0.834. The van der Waals surface area contributed by atoms with Crippen molar-refractivity contribution >= 4 is 21.8 Å². The van der Waals surface area contributed by atoms with E-state index in [-0.39, 0.29) is 5.91 Å². The maximum atomic E-state index is 12.7. The fourth-order valence-electron chi connectivity index (χ4n) is 2.92. The first-order valence-electron chi connectivity index (χ1n) is 6.56. The second-order valence-electron chi connectivity index (χ2n) is 5.09. The minimum Gasteiger partial charge on any atom is -0.497 e. The number of piperazine rings is 1. The third kappa shape index (κ3) is 2.37. The number of hydrogen-bond donors (Lipinski definition) is 0. The number of amides is 1. The molecule has 2 aliphatic heterocycles. The van der Waals surface area contributed by atoms with Gasteiger partial charge in [0.15, 0.2) is 0 Å². The van der Waals surface area contributed by atoms with Crippen molar-refractivity contribution in [3.63, 3.8) is 0 Å². The van der Waals surface area contributed by atoms with Gasteiger partial charge in [-0.2, -0.15) is 0 Å². The minimum atomic E-state index is 0.109. The van der Waals surface area contributed by atoms with Gasteiger partial charge in [-0.3, -0.25) is 9.69 Å². The molecule has 2 fully saturated rings. The number of benzene rings is 1. The lowest BCUT2D eigenvalue weighted by molar-refractivity contribution is 0.0608. The van der Waals surface area contributed by atoms with Crippen LogP contribution in [0.15, 0.2) is 22.7 Å². The normalized spacial score (nSPS) is 25.5. The second kappa shape index (κ2) is 5.13. The summed E-state index contributed by atoms with van der Waals surface area (Å²) in [5, 5.41) is 0. The van der Waals surface area contributed by atoms with Crippen LogP contribution >= 0.6 is 15.9 Å². The summed E-state index contributed by atoms with van der Waals surface area (Å²) in [6.45, 7) is 3.96. The summed E-state index contributed by atoms with van der Waals surface area (Å²) in [5.41, 5.74) is 0.694. The molecule has 5 heteroatoms. The van der Waals surface area contributed by atoms with Gasteiger partial charge in [0.05, 0.1) is 12.7 Å². The van der Waals surface area contributed by atoms with Gasteiger partial charge in [-0.1, -0.05) is 0 Å². The zero-order valence-corrected chi connectivity index (χ0v) is 12.5. The Labute approximate surface area is 121 Å². The fourth-order valence-corrected chi connectivity index (χ4v) is 3.33. The van der Waals surface area contributed by atoms with Crippen LogP contribution in [0, 0.1) is 0 Å². The molecule has 2 atom stereocenters. The molecule has 0 N–H and O–H groups in total. The van der Waals surface area contributed by atoms with Crippen LogP contribution in [0.4, 0.5) is 0 Å². The molecule has 2 bridgehead atoms. The maximum Gasteiger partial charge on any atom is 0.255 e. The van der Waals surface area contributed by atoms with Crippen LogP contribution in [0.25, 0.3) is 0 Å². The molecule has 0 radical (unpaired) electrons. The van der Waals surface area contributed by atoms with E-state index in [0.29, 0.717) is 11.6 Å². The van der Waals surface area contributed by atoms with Gasteiger partial charge in [0, 0.05) is 36.7 Å². The molecule has 102 valence electrons. The molecule has 2 saturated heterocycles. The summed E-state index contributed by atoms with van der Waals surface area (Å²) < 4.78 is 6.04. The van der Waals surface area contributed by atoms with Crippen molar-refractivity contribution in [1.82, 2.24) is 9.80 Å². The molecular formula is C14H17BrN2O2. The van der Waals surface area contributed by atoms with E-state index in [1.54, 1.807) is 7.11 Å². The van der Waals surface area contributed by atoms with Gasteiger partial charge in [-0.15, -0.1) is 0 Å². The molecule has 1 amide bonds. The van der Waals surface area contributed by atoms with E-state index in [0.717, 1.165) is 42.8 Å². The molecule has 2 aliphatic rings. The molecule has 0 saturated carbocycles. The lowest BCUT2D eigenvalue weighted by atomic mass is 10.1. The van der Waals surface area contributed by atoms with E-state index in [2.05, 4.69) is 20.8 Å². The van der Waals surface area contributed by atoms with Gasteiger partial charge in [0.2, 0.25) is 0 Å². The molecule has 4 nitrogen and oxygen atoms in total. The zero-order valence-electron chi connectivity index (χ0n) is 10.9. The Morgan fingerprint density at radius 2 is 2.21 bits per heavy atom. The summed E-state index contributed by atoms with van der Waals surface area (Å²) >= 11 is 3.47. The SMILES string of the molecule is COc1ccc(Br)c(C(=O)N2CCN3CC[C@H]2C3)c1. The number of rotatable bonds is 2. The number of carbonyl (C=O) groups is 1. The van der Waals surface area contributed by atoms with Gasteiger partial charge in [-0.25, -0.2) is 0 Å². The van der Waals surface area contributed by atoms with Crippen LogP contribution in [-0.4, -0.2) is 55.0 Å². The molecule has 0 spiro atoms. The monoisotopic (exact) mass is 324 g/mol. The van der Waals surface area contributed by atoms with E-state index in [1.807, 2.05) is 23.1 Å². The van der Waals surface area contributed by atoms with Crippen LogP contribution in [0.3, 0.4) is 0 Å². The highest BCUT2D eigenvalue weighted by Gasteiger charge is 2.35. The Kier molecular flexibility index (Phi) is 3.50. The highest BCUT2D eigenvalue weighted by Crippen LogP contribution is 2.27. The molecule has 2 heterocycles. The number of nitrogens with zero attached hydrogens (tertiary/aromatic N) is 2. The van der Waals surface area contributed by atoms with Crippen LogP contribution < -0.4 is 4.74 Å². The molecule has 1 unspecified atom stereocenters. The summed E-state index contributed by atoms with van der Waals surface area (Å²) in [5.74, 6) is 0.828. The van der Waals surface area contributed by atoms with Gasteiger partial charge < -0.3 is 9.64 Å². The molecule has 0 aromatic heterocycles. The Balaban J connectivity index is 1.87. The predicted molar refractivity (Wildman–Crippen MR) is 76.6 cm³/mol. The number of hydrogen-bond acceptors (Lipinski definition) is 3. The molecule has 1 aromatic rings. The van der Waals surface area contributed by atoms with E-state index in [1.165, 1.54) is 0 Å². The molecule has 0 aliphatic carbocycles. The average Bonchev–Trinajstić information content (AvgIpc) is 2.80. The number of carbonyl (C=O) groups excluding carboxylic acids is 1. The third-order valence-electron chi connectivity index (χ3n) is 4.01. The number of fused-ring (bicyclic) bond motifs is 2. The highest BCUT2D eigenvalue weighted by molar-refractivity contribution is 9.10. The Hall–Kier alpha value is -1.07. The number of ether oxygens (including phenoxy) is 1. The van der Waals surface area contributed by atoms with E-state index >= 15 is 0 Å². The largest absolute Gasteiger partial charge is 0.497 e. The van der Waals surface area contributed by atoms with Crippen LogP contribution in [-0.2, 0) is 0 Å². The van der Waals surface area contributed by atoms with Gasteiger partial charge in [0.25, 0.3) is 5.91 Å². The molecule has 19 heavy (non-hydrogen) atoms. The third-order valence-corrected chi connectivity index (χ3v) is 4.70. The van der Waals surface area contributed by atoms with Crippen molar-refractivity contribution in [1.29, 1.82) is 0 Å². The number of methoxy groups -OCH3 is 1. The first kappa shape index (κ1) is 12.9. The van der Waals surface area contributed by atoms with E-state index < -0.39 is 0 Å². The van der Waals surface area contributed by atoms with Crippen LogP contribution in [0.2, 0.25) is 0 Å². The summed E-state index contributed by atoms with van der Waals surface area (Å²) in [4.78, 5) is 17.1. The highest BCUT2D eigenvalue weighted by atomic mass is 79.9. The Morgan fingerprint density at radius 1 is 1.37 bits per heavy atom. The standard InChI is InChI=1S/C14H17BrN2O2/c1-19-11-2-3-13(15)12(8-11)14(18)17-7-6-16-5-4-10(17)9-16/h2-3,8,10H,4-7,9H2,1H3/t10-/m0/s1. The Morgan fingerprint density at radius 3 is 3.00 bits per heavy atom. The molecule has 1 aromatic carbocycles.